The molecule has 1 N–H and O–H groups in total. The standard InChI is InChI=1S/C21H28N4O5S/c1-4-31(27,28)24-17-10-16-12-25(13-21(16,11-17)20-22-14(2)23-30-20)19(26)9-15-5-7-18(29-3)8-6-15/h5-8,16-17,24H,4,9-13H2,1-3H3/t16-,17+,21-/m0/s1. The van der Waals surface area contributed by atoms with Crippen molar-refractivity contribution in [2.24, 2.45) is 5.92 Å². The average molecular weight is 449 g/mol. The van der Waals surface area contributed by atoms with Gasteiger partial charge in [-0.05, 0) is 50.3 Å². The first kappa shape index (κ1) is 21.8. The van der Waals surface area contributed by atoms with Crippen LogP contribution in [0.1, 0.15) is 37.0 Å². The summed E-state index contributed by atoms with van der Waals surface area (Å²) in [5, 5.41) is 3.95. The zero-order valence-corrected chi connectivity index (χ0v) is 18.8. The first-order valence-corrected chi connectivity index (χ1v) is 12.1. The van der Waals surface area contributed by atoms with E-state index < -0.39 is 15.4 Å². The molecule has 1 saturated heterocycles. The number of amides is 1. The highest BCUT2D eigenvalue weighted by molar-refractivity contribution is 7.89. The van der Waals surface area contributed by atoms with Crippen LogP contribution in [0.3, 0.4) is 0 Å². The molecule has 168 valence electrons. The average Bonchev–Trinajstić information content (AvgIpc) is 3.41. The second-order valence-electron chi connectivity index (χ2n) is 8.46. The number of carbonyl (C=O) groups excluding carboxylic acids is 1. The zero-order valence-electron chi connectivity index (χ0n) is 18.0. The van der Waals surface area contributed by atoms with Gasteiger partial charge in [0.1, 0.15) is 5.75 Å². The number of ether oxygens (including phenoxy) is 1. The number of fused-ring (bicyclic) bond motifs is 1. The van der Waals surface area contributed by atoms with Gasteiger partial charge in [0, 0.05) is 19.1 Å². The van der Waals surface area contributed by atoms with Crippen LogP contribution in [0.5, 0.6) is 5.75 Å². The van der Waals surface area contributed by atoms with Crippen LogP contribution < -0.4 is 9.46 Å². The van der Waals surface area contributed by atoms with Gasteiger partial charge in [0.25, 0.3) is 0 Å². The smallest absolute Gasteiger partial charge is 0.235 e. The molecular weight excluding hydrogens is 420 g/mol. The molecule has 1 aliphatic carbocycles. The lowest BCUT2D eigenvalue weighted by molar-refractivity contribution is -0.129. The Balaban J connectivity index is 1.53. The van der Waals surface area contributed by atoms with E-state index in [0.29, 0.717) is 44.1 Å². The molecular formula is C21H28N4O5S. The van der Waals surface area contributed by atoms with E-state index in [-0.39, 0.29) is 23.6 Å². The second kappa shape index (κ2) is 8.23. The van der Waals surface area contributed by atoms with Crippen molar-refractivity contribution in [2.75, 3.05) is 26.0 Å². The Morgan fingerprint density at radius 3 is 2.71 bits per heavy atom. The third kappa shape index (κ3) is 4.31. The highest BCUT2D eigenvalue weighted by atomic mass is 32.2. The molecule has 2 aliphatic rings. The molecule has 2 heterocycles. The van der Waals surface area contributed by atoms with Gasteiger partial charge in [-0.25, -0.2) is 13.1 Å². The summed E-state index contributed by atoms with van der Waals surface area (Å²) < 4.78 is 37.7. The van der Waals surface area contributed by atoms with E-state index in [2.05, 4.69) is 14.9 Å². The zero-order chi connectivity index (χ0) is 22.2. The molecule has 1 aromatic carbocycles. The Hall–Kier alpha value is -2.46. The maximum Gasteiger partial charge on any atom is 0.235 e. The molecule has 31 heavy (non-hydrogen) atoms. The van der Waals surface area contributed by atoms with Crippen molar-refractivity contribution in [3.63, 3.8) is 0 Å². The number of carbonyl (C=O) groups is 1. The lowest BCUT2D eigenvalue weighted by Crippen LogP contribution is -2.40. The van der Waals surface area contributed by atoms with E-state index in [1.54, 1.807) is 21.0 Å². The summed E-state index contributed by atoms with van der Waals surface area (Å²) in [5.74, 6) is 1.89. The molecule has 1 amide bonds. The van der Waals surface area contributed by atoms with Gasteiger partial charge in [-0.15, -0.1) is 0 Å². The second-order valence-corrected chi connectivity index (χ2v) is 10.5. The minimum atomic E-state index is -3.32. The number of nitrogens with zero attached hydrogens (tertiary/aromatic N) is 3. The summed E-state index contributed by atoms with van der Waals surface area (Å²) >= 11 is 0. The van der Waals surface area contributed by atoms with Crippen LogP contribution in [0.25, 0.3) is 0 Å². The summed E-state index contributed by atoms with van der Waals surface area (Å²) in [6, 6.07) is 7.25. The number of hydrogen-bond acceptors (Lipinski definition) is 7. The van der Waals surface area contributed by atoms with Crippen molar-refractivity contribution in [1.29, 1.82) is 0 Å². The van der Waals surface area contributed by atoms with Crippen LogP contribution in [0, 0.1) is 12.8 Å². The summed E-state index contributed by atoms with van der Waals surface area (Å²) in [5.41, 5.74) is 0.386. The van der Waals surface area contributed by atoms with Gasteiger partial charge in [0.05, 0.1) is 24.7 Å². The van der Waals surface area contributed by atoms with Gasteiger partial charge in [-0.3, -0.25) is 4.79 Å². The predicted molar refractivity (Wildman–Crippen MR) is 113 cm³/mol. The van der Waals surface area contributed by atoms with E-state index in [9.17, 15) is 13.2 Å². The number of aryl methyl sites for hydroxylation is 1. The number of sulfonamides is 1. The quantitative estimate of drug-likeness (QED) is 0.681. The van der Waals surface area contributed by atoms with Crippen LogP contribution in [0.15, 0.2) is 28.8 Å². The molecule has 9 nitrogen and oxygen atoms in total. The van der Waals surface area contributed by atoms with Gasteiger partial charge in [-0.1, -0.05) is 17.3 Å². The topological polar surface area (TPSA) is 115 Å². The third-order valence-corrected chi connectivity index (χ3v) is 7.87. The molecule has 2 fully saturated rings. The fourth-order valence-corrected chi connectivity index (χ4v) is 5.70. The first-order valence-electron chi connectivity index (χ1n) is 10.5. The van der Waals surface area contributed by atoms with E-state index in [0.717, 1.165) is 11.3 Å². The summed E-state index contributed by atoms with van der Waals surface area (Å²) in [4.78, 5) is 19.4. The van der Waals surface area contributed by atoms with Crippen LogP contribution in [-0.4, -0.2) is 61.4 Å². The Kier molecular flexibility index (Phi) is 5.78. The van der Waals surface area contributed by atoms with Crippen LogP contribution in [0.4, 0.5) is 0 Å². The Morgan fingerprint density at radius 1 is 1.35 bits per heavy atom. The van der Waals surface area contributed by atoms with E-state index in [4.69, 9.17) is 9.26 Å². The fraction of sp³-hybridized carbons (Fsp3) is 0.571. The lowest BCUT2D eigenvalue weighted by Gasteiger charge is -2.25. The number of hydrogen-bond donors (Lipinski definition) is 1. The van der Waals surface area contributed by atoms with Gasteiger partial charge in [0.15, 0.2) is 5.82 Å². The molecule has 0 unspecified atom stereocenters. The number of likely N-dealkylation sites (tertiary alicyclic amines) is 1. The minimum absolute atomic E-state index is 0.0286. The number of aromatic nitrogens is 2. The van der Waals surface area contributed by atoms with Crippen molar-refractivity contribution in [3.8, 4) is 5.75 Å². The van der Waals surface area contributed by atoms with Gasteiger partial charge < -0.3 is 14.2 Å². The van der Waals surface area contributed by atoms with Crippen molar-refractivity contribution in [3.05, 3.63) is 41.5 Å². The van der Waals surface area contributed by atoms with E-state index in [1.807, 2.05) is 29.2 Å². The van der Waals surface area contributed by atoms with Crippen LogP contribution in [0.2, 0.25) is 0 Å². The summed E-state index contributed by atoms with van der Waals surface area (Å²) in [6.07, 6.45) is 1.46. The lowest BCUT2D eigenvalue weighted by atomic mass is 9.80. The molecule has 2 aromatic rings. The molecule has 1 aromatic heterocycles. The molecule has 0 bridgehead atoms. The molecule has 4 rings (SSSR count). The van der Waals surface area contributed by atoms with Crippen molar-refractivity contribution in [1.82, 2.24) is 19.8 Å². The Morgan fingerprint density at radius 2 is 2.10 bits per heavy atom. The van der Waals surface area contributed by atoms with Crippen molar-refractivity contribution < 1.29 is 22.5 Å². The fourth-order valence-electron chi connectivity index (χ4n) is 4.85. The molecule has 1 aliphatic heterocycles. The van der Waals surface area contributed by atoms with Crippen molar-refractivity contribution >= 4 is 15.9 Å². The number of nitrogens with one attached hydrogen (secondary N) is 1. The maximum atomic E-state index is 13.1. The summed E-state index contributed by atoms with van der Waals surface area (Å²) in [7, 11) is -1.71. The molecule has 0 radical (unpaired) electrons. The SMILES string of the molecule is CCS(=O)(=O)N[C@@H]1C[C@H]2CN(C(=O)Cc3ccc(OC)cc3)C[C@@]2(c2nc(C)no2)C1. The van der Waals surface area contributed by atoms with Crippen LogP contribution in [-0.2, 0) is 26.7 Å². The number of benzene rings is 1. The molecule has 3 atom stereocenters. The van der Waals surface area contributed by atoms with Gasteiger partial charge >= 0.3 is 0 Å². The van der Waals surface area contributed by atoms with Crippen LogP contribution >= 0.6 is 0 Å². The monoisotopic (exact) mass is 448 g/mol. The minimum Gasteiger partial charge on any atom is -0.497 e. The highest BCUT2D eigenvalue weighted by Gasteiger charge is 2.58. The summed E-state index contributed by atoms with van der Waals surface area (Å²) in [6.45, 7) is 4.36. The first-order chi connectivity index (χ1) is 14.7. The van der Waals surface area contributed by atoms with E-state index >= 15 is 0 Å². The number of methoxy groups -OCH3 is 1. The van der Waals surface area contributed by atoms with E-state index in [1.165, 1.54) is 0 Å². The van der Waals surface area contributed by atoms with Gasteiger partial charge in [-0.2, -0.15) is 4.98 Å². The molecule has 0 spiro atoms. The Labute approximate surface area is 182 Å². The number of rotatable bonds is 7. The predicted octanol–water partition coefficient (Wildman–Crippen LogP) is 1.43. The van der Waals surface area contributed by atoms with Crippen molar-refractivity contribution in [2.45, 2.75) is 44.6 Å². The largest absolute Gasteiger partial charge is 0.497 e. The normalized spacial score (nSPS) is 25.6. The van der Waals surface area contributed by atoms with Gasteiger partial charge in [0.2, 0.25) is 21.8 Å². The highest BCUT2D eigenvalue weighted by Crippen LogP contribution is 2.50. The molecule has 1 saturated carbocycles. The maximum absolute atomic E-state index is 13.1. The molecule has 10 heteroatoms. The third-order valence-electron chi connectivity index (χ3n) is 6.42. The Bertz CT molecular complexity index is 1050.